The van der Waals surface area contributed by atoms with Gasteiger partial charge in [0.2, 0.25) is 5.91 Å². The van der Waals surface area contributed by atoms with Crippen molar-refractivity contribution in [1.29, 1.82) is 0 Å². The van der Waals surface area contributed by atoms with Crippen LogP contribution in [0.25, 0.3) is 0 Å². The second kappa shape index (κ2) is 7.41. The highest BCUT2D eigenvalue weighted by Crippen LogP contribution is 2.40. The number of carbonyl (C=O) groups is 1. The molecular weight excluding hydrogens is 395 g/mol. The lowest BCUT2D eigenvalue weighted by atomic mass is 9.87. The van der Waals surface area contributed by atoms with E-state index in [0.29, 0.717) is 21.6 Å². The van der Waals surface area contributed by atoms with Crippen molar-refractivity contribution in [2.45, 2.75) is 13.0 Å². The molecule has 3 aromatic rings. The van der Waals surface area contributed by atoms with Crippen LogP contribution in [0.3, 0.4) is 0 Å². The fourth-order valence-electron chi connectivity index (χ4n) is 3.57. The number of fused-ring (bicyclic) bond motifs is 1. The quantitative estimate of drug-likeness (QED) is 0.595. The van der Waals surface area contributed by atoms with Crippen LogP contribution in [0.15, 0.2) is 65.8 Å². The Bertz CT molecular complexity index is 1060. The zero-order chi connectivity index (χ0) is 19.8. The first-order chi connectivity index (χ1) is 13.5. The van der Waals surface area contributed by atoms with Crippen molar-refractivity contribution in [2.24, 2.45) is 10.9 Å². The van der Waals surface area contributed by atoms with Gasteiger partial charge in [0.05, 0.1) is 12.2 Å². The number of anilines is 1. The molecule has 1 aromatic heterocycles. The van der Waals surface area contributed by atoms with E-state index in [4.69, 9.17) is 23.2 Å². The molecule has 1 amide bonds. The molecule has 5 nitrogen and oxygen atoms in total. The van der Waals surface area contributed by atoms with E-state index in [2.05, 4.69) is 10.1 Å². The largest absolute Gasteiger partial charge is 0.315 e. The van der Waals surface area contributed by atoms with Gasteiger partial charge in [0.15, 0.2) is 5.82 Å². The maximum atomic E-state index is 13.5. The molecule has 2 unspecified atom stereocenters. The van der Waals surface area contributed by atoms with E-state index >= 15 is 0 Å². The van der Waals surface area contributed by atoms with Crippen LogP contribution in [-0.2, 0) is 4.79 Å². The third kappa shape index (κ3) is 3.21. The molecule has 0 saturated carbocycles. The number of carbonyl (C=O) groups excluding carboxylic acids is 1. The Morgan fingerprint density at radius 2 is 1.86 bits per heavy atom. The number of benzene rings is 2. The van der Waals surface area contributed by atoms with Crippen LogP contribution >= 0.6 is 23.2 Å². The van der Waals surface area contributed by atoms with Crippen molar-refractivity contribution in [3.05, 3.63) is 76.4 Å². The van der Waals surface area contributed by atoms with E-state index in [1.54, 1.807) is 28.9 Å². The number of aliphatic imine (C=N–C) groups is 1. The summed E-state index contributed by atoms with van der Waals surface area (Å²) in [7, 11) is 1.77. The van der Waals surface area contributed by atoms with Gasteiger partial charge < -0.3 is 4.90 Å². The molecule has 0 N–H and O–H groups in total. The summed E-state index contributed by atoms with van der Waals surface area (Å²) in [5, 5.41) is 5.46. The molecular formula is C21H18Cl2N4O. The summed E-state index contributed by atoms with van der Waals surface area (Å²) in [6.45, 7) is 1.85. The maximum absolute atomic E-state index is 13.5. The Morgan fingerprint density at radius 1 is 1.11 bits per heavy atom. The van der Waals surface area contributed by atoms with E-state index < -0.39 is 12.0 Å². The molecule has 2 heterocycles. The number of hydrogen-bond acceptors (Lipinski definition) is 3. The van der Waals surface area contributed by atoms with Crippen LogP contribution in [0.5, 0.6) is 0 Å². The van der Waals surface area contributed by atoms with E-state index in [1.807, 2.05) is 55.5 Å². The number of amides is 1. The normalized spacial score (nSPS) is 18.4. The molecule has 0 bridgehead atoms. The van der Waals surface area contributed by atoms with Gasteiger partial charge in [0.25, 0.3) is 0 Å². The first-order valence-corrected chi connectivity index (χ1v) is 9.59. The number of hydrogen-bond donors (Lipinski definition) is 0. The van der Waals surface area contributed by atoms with Crippen LogP contribution in [-0.4, -0.2) is 28.4 Å². The molecule has 7 heteroatoms. The predicted octanol–water partition coefficient (Wildman–Crippen LogP) is 5.16. The number of aromatic nitrogens is 2. The second-order valence-electron chi connectivity index (χ2n) is 6.72. The fraction of sp³-hybridized carbons (Fsp3) is 0.190. The molecule has 4 rings (SSSR count). The number of nitrogens with zero attached hydrogens (tertiary/aromatic N) is 4. The van der Waals surface area contributed by atoms with Gasteiger partial charge >= 0.3 is 0 Å². The van der Waals surface area contributed by atoms with Gasteiger partial charge in [0, 0.05) is 23.5 Å². The first kappa shape index (κ1) is 18.7. The molecule has 0 radical (unpaired) electrons. The van der Waals surface area contributed by atoms with Gasteiger partial charge in [-0.1, -0.05) is 53.5 Å². The standard InChI is InChI=1S/C21H18Cl2N4O/c1-13-18(21(28)26(2)16-9-4-3-5-10-16)19(14-7-6-8-15(22)11-14)27-20(25-13)17(23)12-24-27/h3-12,18-19H,1-2H3. The Hall–Kier alpha value is -2.63. The summed E-state index contributed by atoms with van der Waals surface area (Å²) < 4.78 is 1.71. The summed E-state index contributed by atoms with van der Waals surface area (Å²) >= 11 is 12.5. The molecule has 28 heavy (non-hydrogen) atoms. The third-order valence-electron chi connectivity index (χ3n) is 4.97. The minimum absolute atomic E-state index is 0.0744. The number of para-hydroxylation sites is 1. The molecule has 0 fully saturated rings. The number of halogens is 2. The monoisotopic (exact) mass is 412 g/mol. The molecule has 0 saturated heterocycles. The summed E-state index contributed by atoms with van der Waals surface area (Å²) in [5.74, 6) is -0.0580. The Labute approximate surface area is 173 Å². The van der Waals surface area contributed by atoms with E-state index in [-0.39, 0.29) is 5.91 Å². The molecule has 0 spiro atoms. The summed E-state index contributed by atoms with van der Waals surface area (Å²) in [4.78, 5) is 19.8. The van der Waals surface area contributed by atoms with Crippen molar-refractivity contribution in [3.63, 3.8) is 0 Å². The van der Waals surface area contributed by atoms with Crippen LogP contribution < -0.4 is 4.90 Å². The SMILES string of the molecule is CC1=Nc2c(Cl)cnn2C(c2cccc(Cl)c2)C1C(=O)N(C)c1ccccc1. The van der Waals surface area contributed by atoms with Crippen LogP contribution in [0, 0.1) is 5.92 Å². The second-order valence-corrected chi connectivity index (χ2v) is 7.57. The molecule has 0 aliphatic carbocycles. The van der Waals surface area contributed by atoms with Crippen LogP contribution in [0.1, 0.15) is 18.5 Å². The molecule has 2 atom stereocenters. The zero-order valence-corrected chi connectivity index (χ0v) is 16.9. The average molecular weight is 413 g/mol. The zero-order valence-electron chi connectivity index (χ0n) is 15.4. The highest BCUT2D eigenvalue weighted by molar-refractivity contribution is 6.33. The molecule has 142 valence electrons. The summed E-state index contributed by atoms with van der Waals surface area (Å²) in [6.07, 6.45) is 1.55. The van der Waals surface area contributed by atoms with Crippen LogP contribution in [0.4, 0.5) is 11.5 Å². The lowest BCUT2D eigenvalue weighted by molar-refractivity contribution is -0.121. The van der Waals surface area contributed by atoms with Gasteiger partial charge in [0.1, 0.15) is 10.9 Å². The van der Waals surface area contributed by atoms with E-state index in [1.165, 1.54) is 0 Å². The summed E-state index contributed by atoms with van der Waals surface area (Å²) in [6, 6.07) is 16.6. The van der Waals surface area contributed by atoms with Crippen LogP contribution in [0.2, 0.25) is 10.0 Å². The third-order valence-corrected chi connectivity index (χ3v) is 5.47. The fourth-order valence-corrected chi connectivity index (χ4v) is 3.95. The predicted molar refractivity (Wildman–Crippen MR) is 113 cm³/mol. The number of rotatable bonds is 3. The van der Waals surface area contributed by atoms with E-state index in [9.17, 15) is 4.79 Å². The molecule has 2 aromatic carbocycles. The smallest absolute Gasteiger partial charge is 0.238 e. The van der Waals surface area contributed by atoms with Crippen molar-refractivity contribution in [1.82, 2.24) is 9.78 Å². The van der Waals surface area contributed by atoms with Crippen molar-refractivity contribution in [2.75, 3.05) is 11.9 Å². The van der Waals surface area contributed by atoms with E-state index in [0.717, 1.165) is 11.3 Å². The van der Waals surface area contributed by atoms with Crippen molar-refractivity contribution < 1.29 is 4.79 Å². The minimum atomic E-state index is -0.535. The van der Waals surface area contributed by atoms with Gasteiger partial charge in [-0.15, -0.1) is 0 Å². The minimum Gasteiger partial charge on any atom is -0.315 e. The van der Waals surface area contributed by atoms with Gasteiger partial charge in [-0.3, -0.25) is 4.79 Å². The molecule has 1 aliphatic rings. The maximum Gasteiger partial charge on any atom is 0.238 e. The highest BCUT2D eigenvalue weighted by atomic mass is 35.5. The Kier molecular flexibility index (Phi) is 4.96. The van der Waals surface area contributed by atoms with Gasteiger partial charge in [-0.05, 0) is 36.8 Å². The lowest BCUT2D eigenvalue weighted by Gasteiger charge is -2.33. The Morgan fingerprint density at radius 3 is 2.57 bits per heavy atom. The average Bonchev–Trinajstić information content (AvgIpc) is 3.07. The Balaban J connectivity index is 1.83. The molecule has 1 aliphatic heterocycles. The van der Waals surface area contributed by atoms with Crippen molar-refractivity contribution >= 4 is 46.3 Å². The summed E-state index contributed by atoms with van der Waals surface area (Å²) in [5.41, 5.74) is 2.38. The first-order valence-electron chi connectivity index (χ1n) is 8.83. The van der Waals surface area contributed by atoms with Crippen molar-refractivity contribution in [3.8, 4) is 0 Å². The highest BCUT2D eigenvalue weighted by Gasteiger charge is 2.40. The van der Waals surface area contributed by atoms with Gasteiger partial charge in [-0.25, -0.2) is 9.67 Å². The topological polar surface area (TPSA) is 50.5 Å². The van der Waals surface area contributed by atoms with Gasteiger partial charge in [-0.2, -0.15) is 5.10 Å². The lowest BCUT2D eigenvalue weighted by Crippen LogP contribution is -2.43.